The minimum Gasteiger partial charge on any atom is -0.103 e. The third-order valence-electron chi connectivity index (χ3n) is 3.65. The Labute approximate surface area is 83.4 Å². The predicted octanol–water partition coefficient (Wildman–Crippen LogP) is 4.27. The molecule has 0 heterocycles. The lowest BCUT2D eigenvalue weighted by Crippen LogP contribution is -2.31. The van der Waals surface area contributed by atoms with Crippen LogP contribution in [-0.4, -0.2) is 0 Å². The fourth-order valence-corrected chi connectivity index (χ4v) is 2.75. The highest BCUT2D eigenvalue weighted by Gasteiger charge is 2.34. The van der Waals surface area contributed by atoms with Crippen LogP contribution in [0.15, 0.2) is 12.7 Å². The van der Waals surface area contributed by atoms with Gasteiger partial charge in [-0.3, -0.25) is 0 Å². The Balaban J connectivity index is 2.66. The lowest BCUT2D eigenvalue weighted by atomic mass is 9.64. The molecular formula is C13H24. The van der Waals surface area contributed by atoms with E-state index in [2.05, 4.69) is 40.3 Å². The van der Waals surface area contributed by atoms with E-state index in [1.165, 1.54) is 19.3 Å². The predicted molar refractivity (Wildman–Crippen MR) is 59.6 cm³/mol. The monoisotopic (exact) mass is 180 g/mol. The first-order valence-electron chi connectivity index (χ1n) is 5.59. The molecule has 0 saturated heterocycles. The first-order valence-corrected chi connectivity index (χ1v) is 5.59. The second-order valence-corrected chi connectivity index (χ2v) is 5.71. The van der Waals surface area contributed by atoms with Crippen molar-refractivity contribution in [2.45, 2.75) is 47.0 Å². The lowest BCUT2D eigenvalue weighted by molar-refractivity contribution is 0.116. The van der Waals surface area contributed by atoms with Crippen LogP contribution in [0.5, 0.6) is 0 Å². The first kappa shape index (κ1) is 10.8. The van der Waals surface area contributed by atoms with E-state index in [4.69, 9.17) is 0 Å². The van der Waals surface area contributed by atoms with Gasteiger partial charge in [0.05, 0.1) is 0 Å². The maximum atomic E-state index is 3.98. The van der Waals surface area contributed by atoms with Gasteiger partial charge in [-0.1, -0.05) is 33.8 Å². The van der Waals surface area contributed by atoms with Crippen LogP contribution < -0.4 is 0 Å². The molecule has 1 rings (SSSR count). The van der Waals surface area contributed by atoms with Gasteiger partial charge >= 0.3 is 0 Å². The maximum Gasteiger partial charge on any atom is -0.0200 e. The normalized spacial score (nSPS) is 33.3. The Hall–Kier alpha value is -0.260. The Morgan fingerprint density at radius 2 is 2.00 bits per heavy atom. The molecule has 0 amide bonds. The van der Waals surface area contributed by atoms with Crippen molar-refractivity contribution in [3.8, 4) is 0 Å². The van der Waals surface area contributed by atoms with E-state index < -0.39 is 0 Å². The van der Waals surface area contributed by atoms with Crippen LogP contribution >= 0.6 is 0 Å². The maximum absolute atomic E-state index is 3.98. The van der Waals surface area contributed by atoms with E-state index in [9.17, 15) is 0 Å². The first-order chi connectivity index (χ1) is 5.96. The summed E-state index contributed by atoms with van der Waals surface area (Å²) < 4.78 is 0. The molecule has 13 heavy (non-hydrogen) atoms. The highest BCUT2D eigenvalue weighted by atomic mass is 14.4. The van der Waals surface area contributed by atoms with Crippen molar-refractivity contribution >= 4 is 0 Å². The summed E-state index contributed by atoms with van der Waals surface area (Å²) >= 11 is 0. The number of allylic oxidation sites excluding steroid dienone is 1. The Bertz CT molecular complexity index is 176. The minimum absolute atomic E-state index is 0.546. The van der Waals surface area contributed by atoms with Crippen molar-refractivity contribution in [3.05, 3.63) is 12.7 Å². The SMILES string of the molecule is C=CC1CC(C)(C)CCC1C(C)C. The summed E-state index contributed by atoms with van der Waals surface area (Å²) in [6, 6.07) is 0. The zero-order chi connectivity index (χ0) is 10.1. The summed E-state index contributed by atoms with van der Waals surface area (Å²) in [4.78, 5) is 0. The van der Waals surface area contributed by atoms with E-state index in [1.54, 1.807) is 0 Å². The zero-order valence-electron chi connectivity index (χ0n) is 9.64. The molecule has 0 aliphatic heterocycles. The van der Waals surface area contributed by atoms with Crippen LogP contribution in [0.25, 0.3) is 0 Å². The summed E-state index contributed by atoms with van der Waals surface area (Å²) in [5.41, 5.74) is 0.546. The highest BCUT2D eigenvalue weighted by Crippen LogP contribution is 2.44. The molecule has 0 radical (unpaired) electrons. The van der Waals surface area contributed by atoms with Gasteiger partial charge in [0.15, 0.2) is 0 Å². The topological polar surface area (TPSA) is 0 Å². The van der Waals surface area contributed by atoms with Crippen LogP contribution in [0.4, 0.5) is 0 Å². The van der Waals surface area contributed by atoms with Gasteiger partial charge < -0.3 is 0 Å². The third-order valence-corrected chi connectivity index (χ3v) is 3.65. The average molecular weight is 180 g/mol. The summed E-state index contributed by atoms with van der Waals surface area (Å²) in [6.45, 7) is 13.5. The largest absolute Gasteiger partial charge is 0.103 e. The highest BCUT2D eigenvalue weighted by molar-refractivity contribution is 4.94. The fraction of sp³-hybridized carbons (Fsp3) is 0.846. The van der Waals surface area contributed by atoms with Gasteiger partial charge in [-0.15, -0.1) is 6.58 Å². The summed E-state index contributed by atoms with van der Waals surface area (Å²) in [5.74, 6) is 2.45. The molecule has 0 aromatic heterocycles. The van der Waals surface area contributed by atoms with Crippen LogP contribution in [0.2, 0.25) is 0 Å². The third kappa shape index (κ3) is 2.59. The summed E-state index contributed by atoms with van der Waals surface area (Å²) in [6.07, 6.45) is 6.30. The van der Waals surface area contributed by atoms with E-state index in [0.717, 1.165) is 17.8 Å². The van der Waals surface area contributed by atoms with Gasteiger partial charge in [0.2, 0.25) is 0 Å². The molecule has 2 atom stereocenters. The van der Waals surface area contributed by atoms with Gasteiger partial charge in [0.25, 0.3) is 0 Å². The van der Waals surface area contributed by atoms with Crippen LogP contribution in [-0.2, 0) is 0 Å². The molecule has 1 aliphatic carbocycles. The Morgan fingerprint density at radius 1 is 1.38 bits per heavy atom. The molecule has 0 aromatic rings. The number of rotatable bonds is 2. The van der Waals surface area contributed by atoms with Crippen molar-refractivity contribution in [1.82, 2.24) is 0 Å². The van der Waals surface area contributed by atoms with Gasteiger partial charge in [0.1, 0.15) is 0 Å². The van der Waals surface area contributed by atoms with Crippen LogP contribution in [0, 0.1) is 23.2 Å². The number of hydrogen-bond acceptors (Lipinski definition) is 0. The molecule has 0 nitrogen and oxygen atoms in total. The van der Waals surface area contributed by atoms with Gasteiger partial charge in [-0.05, 0) is 42.4 Å². The Morgan fingerprint density at radius 3 is 2.46 bits per heavy atom. The van der Waals surface area contributed by atoms with Crippen molar-refractivity contribution < 1.29 is 0 Å². The van der Waals surface area contributed by atoms with E-state index >= 15 is 0 Å². The smallest absolute Gasteiger partial charge is 0.0200 e. The quantitative estimate of drug-likeness (QED) is 0.557. The van der Waals surface area contributed by atoms with Crippen LogP contribution in [0.3, 0.4) is 0 Å². The second kappa shape index (κ2) is 3.86. The molecule has 0 N–H and O–H groups in total. The number of hydrogen-bond donors (Lipinski definition) is 0. The fourth-order valence-electron chi connectivity index (χ4n) is 2.75. The van der Waals surface area contributed by atoms with Crippen LogP contribution in [0.1, 0.15) is 47.0 Å². The molecule has 0 bridgehead atoms. The molecule has 0 aromatic carbocycles. The molecule has 0 heteroatoms. The summed E-state index contributed by atoms with van der Waals surface area (Å²) in [7, 11) is 0. The molecule has 76 valence electrons. The molecule has 1 aliphatic rings. The molecular weight excluding hydrogens is 156 g/mol. The average Bonchev–Trinajstić information content (AvgIpc) is 2.01. The Kier molecular flexibility index (Phi) is 3.21. The van der Waals surface area contributed by atoms with Crippen molar-refractivity contribution in [2.24, 2.45) is 23.2 Å². The minimum atomic E-state index is 0.546. The van der Waals surface area contributed by atoms with Gasteiger partial charge in [-0.25, -0.2) is 0 Å². The lowest BCUT2D eigenvalue weighted by Gasteiger charge is -2.41. The van der Waals surface area contributed by atoms with Crippen molar-refractivity contribution in [1.29, 1.82) is 0 Å². The van der Waals surface area contributed by atoms with Gasteiger partial charge in [-0.2, -0.15) is 0 Å². The molecule has 2 unspecified atom stereocenters. The van der Waals surface area contributed by atoms with E-state index in [1.807, 2.05) is 0 Å². The van der Waals surface area contributed by atoms with Crippen molar-refractivity contribution in [3.63, 3.8) is 0 Å². The zero-order valence-corrected chi connectivity index (χ0v) is 9.64. The van der Waals surface area contributed by atoms with Gasteiger partial charge in [0, 0.05) is 0 Å². The molecule has 0 spiro atoms. The van der Waals surface area contributed by atoms with E-state index in [0.29, 0.717) is 5.41 Å². The molecule has 1 fully saturated rings. The summed E-state index contributed by atoms with van der Waals surface area (Å²) in [5, 5.41) is 0. The van der Waals surface area contributed by atoms with Crippen molar-refractivity contribution in [2.75, 3.05) is 0 Å². The second-order valence-electron chi connectivity index (χ2n) is 5.71. The van der Waals surface area contributed by atoms with E-state index in [-0.39, 0.29) is 0 Å². The standard InChI is InChI=1S/C13H24/c1-6-11-9-13(4,5)8-7-12(11)10(2)3/h6,10-12H,1,7-9H2,2-5H3. The molecule has 1 saturated carbocycles.